The molecule has 0 aliphatic carbocycles. The van der Waals surface area contributed by atoms with Crippen LogP contribution in [0.5, 0.6) is 0 Å². The van der Waals surface area contributed by atoms with Gasteiger partial charge in [-0.3, -0.25) is 4.68 Å². The molecule has 18 heavy (non-hydrogen) atoms. The first-order valence-corrected chi connectivity index (χ1v) is 5.61. The van der Waals surface area contributed by atoms with E-state index in [0.29, 0.717) is 6.61 Å². The molecule has 0 saturated heterocycles. The van der Waals surface area contributed by atoms with Crippen molar-refractivity contribution in [2.24, 2.45) is 7.05 Å². The van der Waals surface area contributed by atoms with Crippen LogP contribution in [0.15, 0.2) is 18.6 Å². The van der Waals surface area contributed by atoms with E-state index in [0.717, 1.165) is 16.8 Å². The topological polar surface area (TPSA) is 69.9 Å². The highest BCUT2D eigenvalue weighted by atomic mass is 16.5. The average molecular weight is 246 g/mol. The van der Waals surface area contributed by atoms with Gasteiger partial charge >= 0.3 is 5.97 Å². The summed E-state index contributed by atoms with van der Waals surface area (Å²) in [4.78, 5) is 19.4. The van der Waals surface area contributed by atoms with Crippen molar-refractivity contribution in [2.45, 2.75) is 13.8 Å². The molecule has 0 aromatic carbocycles. The van der Waals surface area contributed by atoms with E-state index >= 15 is 0 Å². The van der Waals surface area contributed by atoms with Gasteiger partial charge < -0.3 is 4.74 Å². The zero-order valence-corrected chi connectivity index (χ0v) is 10.5. The minimum Gasteiger partial charge on any atom is -0.460 e. The molecule has 0 saturated carbocycles. The summed E-state index contributed by atoms with van der Waals surface area (Å²) in [5.74, 6) is -0.436. The van der Waals surface area contributed by atoms with Crippen LogP contribution in [-0.2, 0) is 11.8 Å². The van der Waals surface area contributed by atoms with Crippen LogP contribution in [0.1, 0.15) is 23.2 Å². The monoisotopic (exact) mass is 246 g/mol. The summed E-state index contributed by atoms with van der Waals surface area (Å²) in [6.45, 7) is 3.96. The first-order valence-electron chi connectivity index (χ1n) is 5.61. The van der Waals surface area contributed by atoms with Crippen molar-refractivity contribution in [1.82, 2.24) is 19.7 Å². The molecule has 0 radical (unpaired) electrons. The lowest BCUT2D eigenvalue weighted by molar-refractivity contribution is 0.0512. The van der Waals surface area contributed by atoms with Gasteiger partial charge in [-0.25, -0.2) is 14.8 Å². The number of hydrogen-bond acceptors (Lipinski definition) is 5. The molecule has 0 aliphatic rings. The summed E-state index contributed by atoms with van der Waals surface area (Å²) in [5.41, 5.74) is 2.67. The number of hydrogen-bond donors (Lipinski definition) is 0. The molecule has 0 N–H and O–H groups in total. The van der Waals surface area contributed by atoms with Gasteiger partial charge in [-0.05, 0) is 13.8 Å². The molecule has 2 aromatic heterocycles. The summed E-state index contributed by atoms with van der Waals surface area (Å²) in [6, 6.07) is 0. The highest BCUT2D eigenvalue weighted by molar-refractivity contribution is 5.85. The number of rotatable bonds is 3. The summed E-state index contributed by atoms with van der Waals surface area (Å²) in [6.07, 6.45) is 5.09. The predicted octanol–water partition coefficient (Wildman–Crippen LogP) is 1.36. The quantitative estimate of drug-likeness (QED) is 0.765. The molecular weight excluding hydrogens is 232 g/mol. The van der Waals surface area contributed by atoms with Crippen LogP contribution in [0.25, 0.3) is 11.1 Å². The van der Waals surface area contributed by atoms with Crippen LogP contribution in [0, 0.1) is 6.92 Å². The van der Waals surface area contributed by atoms with Crippen molar-refractivity contribution < 1.29 is 9.53 Å². The maximum atomic E-state index is 11.4. The van der Waals surface area contributed by atoms with Gasteiger partial charge in [0.05, 0.1) is 12.3 Å². The van der Waals surface area contributed by atoms with Gasteiger partial charge in [-0.15, -0.1) is 0 Å². The molecule has 2 rings (SSSR count). The lowest BCUT2D eigenvalue weighted by Gasteiger charge is -2.01. The molecule has 2 heterocycles. The van der Waals surface area contributed by atoms with Crippen LogP contribution in [0.3, 0.4) is 0 Å². The third-order valence-corrected chi connectivity index (χ3v) is 2.43. The van der Waals surface area contributed by atoms with Crippen LogP contribution < -0.4 is 0 Å². The first-order chi connectivity index (χ1) is 8.61. The van der Waals surface area contributed by atoms with Crippen molar-refractivity contribution in [2.75, 3.05) is 6.61 Å². The minimum absolute atomic E-state index is 0.0714. The van der Waals surface area contributed by atoms with Gasteiger partial charge in [0.2, 0.25) is 5.82 Å². The molecule has 0 unspecified atom stereocenters. The van der Waals surface area contributed by atoms with Crippen molar-refractivity contribution in [1.29, 1.82) is 0 Å². The molecule has 0 aliphatic heterocycles. The second kappa shape index (κ2) is 4.95. The summed E-state index contributed by atoms with van der Waals surface area (Å²) in [5, 5.41) is 4.24. The Bertz CT molecular complexity index is 560. The summed E-state index contributed by atoms with van der Waals surface area (Å²) >= 11 is 0. The van der Waals surface area contributed by atoms with E-state index in [1.54, 1.807) is 24.0 Å². The number of nitrogens with zero attached hydrogens (tertiary/aromatic N) is 4. The largest absolute Gasteiger partial charge is 0.460 e. The lowest BCUT2D eigenvalue weighted by Crippen LogP contribution is -2.09. The van der Waals surface area contributed by atoms with E-state index in [9.17, 15) is 4.79 Å². The number of esters is 1. The van der Waals surface area contributed by atoms with Gasteiger partial charge in [-0.1, -0.05) is 0 Å². The van der Waals surface area contributed by atoms with Gasteiger partial charge in [-0.2, -0.15) is 5.10 Å². The molecule has 0 bridgehead atoms. The normalized spacial score (nSPS) is 10.4. The third kappa shape index (κ3) is 2.37. The van der Waals surface area contributed by atoms with Crippen LogP contribution >= 0.6 is 0 Å². The molecule has 94 valence electrons. The van der Waals surface area contributed by atoms with Crippen molar-refractivity contribution >= 4 is 5.97 Å². The lowest BCUT2D eigenvalue weighted by atomic mass is 10.1. The third-order valence-electron chi connectivity index (χ3n) is 2.43. The molecule has 0 fully saturated rings. The highest BCUT2D eigenvalue weighted by Gasteiger charge is 2.12. The van der Waals surface area contributed by atoms with Crippen molar-refractivity contribution in [3.63, 3.8) is 0 Å². The van der Waals surface area contributed by atoms with Crippen LogP contribution in [-0.4, -0.2) is 32.3 Å². The van der Waals surface area contributed by atoms with Crippen molar-refractivity contribution in [3.8, 4) is 11.1 Å². The number of ether oxygens (including phenoxy) is 1. The first kappa shape index (κ1) is 12.2. The second-order valence-corrected chi connectivity index (χ2v) is 3.82. The van der Waals surface area contributed by atoms with Gasteiger partial charge in [0, 0.05) is 36.8 Å². The van der Waals surface area contributed by atoms with Gasteiger partial charge in [0.1, 0.15) is 0 Å². The zero-order chi connectivity index (χ0) is 13.1. The van der Waals surface area contributed by atoms with E-state index < -0.39 is 5.97 Å². The fourth-order valence-corrected chi connectivity index (χ4v) is 1.65. The SMILES string of the molecule is CCOC(=O)c1ncc(-c2cn(C)nc2C)cn1. The van der Waals surface area contributed by atoms with E-state index in [4.69, 9.17) is 4.74 Å². The Morgan fingerprint density at radius 2 is 2.06 bits per heavy atom. The number of aryl methyl sites for hydroxylation is 2. The molecule has 2 aromatic rings. The zero-order valence-electron chi connectivity index (χ0n) is 10.5. The van der Waals surface area contributed by atoms with E-state index in [2.05, 4.69) is 15.1 Å². The summed E-state index contributed by atoms with van der Waals surface area (Å²) < 4.78 is 6.55. The molecule has 0 amide bonds. The Balaban J connectivity index is 2.27. The standard InChI is InChI=1S/C12H14N4O2/c1-4-18-12(17)11-13-5-9(6-14-11)10-7-16(3)15-8(10)2/h5-7H,4H2,1-3H3. The minimum atomic E-state index is -0.507. The molecular formula is C12H14N4O2. The van der Waals surface area contributed by atoms with E-state index in [-0.39, 0.29) is 5.82 Å². The number of aromatic nitrogens is 4. The molecule has 0 atom stereocenters. The molecule has 0 spiro atoms. The van der Waals surface area contributed by atoms with Crippen LogP contribution in [0.2, 0.25) is 0 Å². The Labute approximate surface area is 105 Å². The summed E-state index contributed by atoms with van der Waals surface area (Å²) in [7, 11) is 1.85. The van der Waals surface area contributed by atoms with Gasteiger partial charge in [0.15, 0.2) is 0 Å². The predicted molar refractivity (Wildman–Crippen MR) is 64.9 cm³/mol. The maximum Gasteiger partial charge on any atom is 0.376 e. The fourth-order valence-electron chi connectivity index (χ4n) is 1.65. The van der Waals surface area contributed by atoms with Crippen molar-refractivity contribution in [3.05, 3.63) is 30.1 Å². The highest BCUT2D eigenvalue weighted by Crippen LogP contribution is 2.20. The molecule has 6 heteroatoms. The Kier molecular flexibility index (Phi) is 3.36. The Hall–Kier alpha value is -2.24. The van der Waals surface area contributed by atoms with Gasteiger partial charge in [0.25, 0.3) is 0 Å². The fraction of sp³-hybridized carbons (Fsp3) is 0.333. The van der Waals surface area contributed by atoms with Crippen LogP contribution in [0.4, 0.5) is 0 Å². The van der Waals surface area contributed by atoms with E-state index in [1.807, 2.05) is 20.2 Å². The smallest absolute Gasteiger partial charge is 0.376 e. The Morgan fingerprint density at radius 3 is 2.56 bits per heavy atom. The van der Waals surface area contributed by atoms with E-state index in [1.165, 1.54) is 0 Å². The Morgan fingerprint density at radius 1 is 1.39 bits per heavy atom. The second-order valence-electron chi connectivity index (χ2n) is 3.82. The maximum absolute atomic E-state index is 11.4. The molecule has 6 nitrogen and oxygen atoms in total. The number of carbonyl (C=O) groups excluding carboxylic acids is 1. The average Bonchev–Trinajstić information content (AvgIpc) is 2.69. The number of carbonyl (C=O) groups is 1.